The van der Waals surface area contributed by atoms with Crippen molar-refractivity contribution in [1.82, 2.24) is 24.7 Å². The van der Waals surface area contributed by atoms with Crippen LogP contribution in [0.3, 0.4) is 0 Å². The van der Waals surface area contributed by atoms with E-state index in [-0.39, 0.29) is 10.8 Å². The summed E-state index contributed by atoms with van der Waals surface area (Å²) in [5.74, 6) is 1.41. The average Bonchev–Trinajstić information content (AvgIpc) is 3.22. The van der Waals surface area contributed by atoms with Crippen molar-refractivity contribution >= 4 is 34.3 Å². The number of para-hydroxylation sites is 1. The highest BCUT2D eigenvalue weighted by atomic mass is 35.5. The van der Waals surface area contributed by atoms with E-state index in [2.05, 4.69) is 32.3 Å². The number of aromatic amines is 1. The first kappa shape index (κ1) is 21.4. The van der Waals surface area contributed by atoms with Gasteiger partial charge in [-0.15, -0.1) is 10.2 Å². The molecule has 0 spiro atoms. The Kier molecular flexibility index (Phi) is 5.98. The van der Waals surface area contributed by atoms with E-state index in [1.54, 1.807) is 6.07 Å². The van der Waals surface area contributed by atoms with Crippen LogP contribution in [-0.4, -0.2) is 24.7 Å². The number of H-pyrrole nitrogens is 1. The maximum absolute atomic E-state index is 12.5. The number of benzene rings is 3. The largest absolute Gasteiger partial charge is 0.309 e. The molecule has 1 N–H and O–H groups in total. The van der Waals surface area contributed by atoms with Gasteiger partial charge in [0.25, 0.3) is 5.56 Å². The molecule has 1 atom stereocenters. The molecule has 33 heavy (non-hydrogen) atoms. The van der Waals surface area contributed by atoms with Gasteiger partial charge in [0.2, 0.25) is 0 Å². The molecular formula is C25H20ClN5OS. The predicted octanol–water partition coefficient (Wildman–Crippen LogP) is 5.60. The van der Waals surface area contributed by atoms with Crippen molar-refractivity contribution in [1.29, 1.82) is 0 Å². The molecule has 0 radical (unpaired) electrons. The average molecular weight is 474 g/mol. The third kappa shape index (κ3) is 4.55. The van der Waals surface area contributed by atoms with Gasteiger partial charge in [-0.2, -0.15) is 0 Å². The highest BCUT2D eigenvalue weighted by Crippen LogP contribution is 2.34. The van der Waals surface area contributed by atoms with E-state index in [0.717, 1.165) is 17.1 Å². The topological polar surface area (TPSA) is 76.5 Å². The van der Waals surface area contributed by atoms with E-state index < -0.39 is 0 Å². The number of nitrogens with one attached hydrogen (secondary N) is 1. The number of nitrogens with zero attached hydrogens (tertiary/aromatic N) is 4. The molecule has 5 rings (SSSR count). The summed E-state index contributed by atoms with van der Waals surface area (Å²) < 4.78 is 2.03. The standard InChI is InChI=1S/C25H20ClN5OS/c1-16(23-27-21-10-6-5-9-20(21)24(32)28-23)33-25-30-29-22(15-17-7-3-2-4-8-17)31(25)19-13-11-18(26)12-14-19/h2-14,16H,15H2,1H3,(H,27,28,32). The molecule has 2 heterocycles. The molecule has 164 valence electrons. The van der Waals surface area contributed by atoms with Crippen LogP contribution in [-0.2, 0) is 6.42 Å². The molecule has 8 heteroatoms. The molecule has 0 amide bonds. The molecule has 2 aromatic heterocycles. The number of aromatic nitrogens is 5. The van der Waals surface area contributed by atoms with Crippen molar-refractivity contribution in [2.45, 2.75) is 23.8 Å². The Labute approximate surface area is 199 Å². The van der Waals surface area contributed by atoms with Gasteiger partial charge in [0.05, 0.1) is 16.2 Å². The predicted molar refractivity (Wildman–Crippen MR) is 132 cm³/mol. The van der Waals surface area contributed by atoms with Gasteiger partial charge in [0.15, 0.2) is 5.16 Å². The molecule has 0 aliphatic rings. The molecule has 6 nitrogen and oxygen atoms in total. The van der Waals surface area contributed by atoms with Gasteiger partial charge in [-0.25, -0.2) is 4.98 Å². The van der Waals surface area contributed by atoms with Crippen molar-refractivity contribution in [3.05, 3.63) is 111 Å². The summed E-state index contributed by atoms with van der Waals surface area (Å²) in [5, 5.41) is 10.8. The Balaban J connectivity index is 1.52. The zero-order chi connectivity index (χ0) is 22.8. The van der Waals surface area contributed by atoms with E-state index in [1.165, 1.54) is 11.8 Å². The van der Waals surface area contributed by atoms with Crippen LogP contribution in [0.15, 0.2) is 88.8 Å². The van der Waals surface area contributed by atoms with Crippen molar-refractivity contribution in [3.8, 4) is 5.69 Å². The Morgan fingerprint density at radius 1 is 0.970 bits per heavy atom. The van der Waals surface area contributed by atoms with E-state index in [1.807, 2.05) is 72.2 Å². The van der Waals surface area contributed by atoms with Crippen LogP contribution >= 0.6 is 23.4 Å². The van der Waals surface area contributed by atoms with Crippen LogP contribution < -0.4 is 5.56 Å². The zero-order valence-electron chi connectivity index (χ0n) is 17.8. The first-order valence-corrected chi connectivity index (χ1v) is 11.7. The Bertz CT molecular complexity index is 1460. The fourth-order valence-electron chi connectivity index (χ4n) is 3.63. The third-order valence-corrected chi connectivity index (χ3v) is 6.59. The zero-order valence-corrected chi connectivity index (χ0v) is 19.3. The van der Waals surface area contributed by atoms with Crippen molar-refractivity contribution in [2.75, 3.05) is 0 Å². The minimum absolute atomic E-state index is 0.146. The highest BCUT2D eigenvalue weighted by molar-refractivity contribution is 7.99. The molecular weight excluding hydrogens is 454 g/mol. The van der Waals surface area contributed by atoms with E-state index >= 15 is 0 Å². The van der Waals surface area contributed by atoms with E-state index in [4.69, 9.17) is 11.6 Å². The SMILES string of the molecule is CC(Sc1nnc(Cc2ccccc2)n1-c1ccc(Cl)cc1)c1nc2ccccc2c(=O)[nH]1. The summed E-state index contributed by atoms with van der Waals surface area (Å²) in [6, 6.07) is 25.1. The second kappa shape index (κ2) is 9.21. The van der Waals surface area contributed by atoms with Crippen molar-refractivity contribution in [3.63, 3.8) is 0 Å². The maximum atomic E-state index is 12.5. The van der Waals surface area contributed by atoms with Gasteiger partial charge >= 0.3 is 0 Å². The van der Waals surface area contributed by atoms with Gasteiger partial charge in [-0.1, -0.05) is 65.8 Å². The highest BCUT2D eigenvalue weighted by Gasteiger charge is 2.20. The summed E-state index contributed by atoms with van der Waals surface area (Å²) in [6.07, 6.45) is 0.635. The van der Waals surface area contributed by atoms with E-state index in [0.29, 0.717) is 33.3 Å². The van der Waals surface area contributed by atoms with Crippen LogP contribution in [0.25, 0.3) is 16.6 Å². The second-order valence-electron chi connectivity index (χ2n) is 7.60. The summed E-state index contributed by atoms with van der Waals surface area (Å²) in [7, 11) is 0. The number of thioether (sulfide) groups is 1. The van der Waals surface area contributed by atoms with E-state index in [9.17, 15) is 4.79 Å². The normalized spacial score (nSPS) is 12.2. The molecule has 0 saturated carbocycles. The molecule has 0 aliphatic carbocycles. The number of hydrogen-bond acceptors (Lipinski definition) is 5. The summed E-state index contributed by atoms with van der Waals surface area (Å²) in [4.78, 5) is 20.1. The molecule has 0 bridgehead atoms. The number of rotatable bonds is 6. The fourth-order valence-corrected chi connectivity index (χ4v) is 4.70. The summed E-state index contributed by atoms with van der Waals surface area (Å²) >= 11 is 7.62. The van der Waals surface area contributed by atoms with Gasteiger partial charge in [0.1, 0.15) is 11.6 Å². The number of fused-ring (bicyclic) bond motifs is 1. The molecule has 3 aromatic carbocycles. The minimum atomic E-state index is -0.151. The fraction of sp³-hybridized carbons (Fsp3) is 0.120. The van der Waals surface area contributed by atoms with Gasteiger partial charge in [-0.05, 0) is 48.9 Å². The molecule has 0 saturated heterocycles. The molecule has 1 unspecified atom stereocenters. The van der Waals surface area contributed by atoms with Crippen molar-refractivity contribution in [2.24, 2.45) is 0 Å². The quantitative estimate of drug-likeness (QED) is 0.325. The van der Waals surface area contributed by atoms with Crippen LogP contribution in [0.5, 0.6) is 0 Å². The minimum Gasteiger partial charge on any atom is -0.309 e. The first-order valence-electron chi connectivity index (χ1n) is 10.5. The molecule has 0 fully saturated rings. The van der Waals surface area contributed by atoms with Gasteiger partial charge in [-0.3, -0.25) is 9.36 Å². The van der Waals surface area contributed by atoms with Crippen molar-refractivity contribution < 1.29 is 0 Å². The lowest BCUT2D eigenvalue weighted by Gasteiger charge is -2.14. The van der Waals surface area contributed by atoms with Crippen LogP contribution in [0.2, 0.25) is 5.02 Å². The van der Waals surface area contributed by atoms with Gasteiger partial charge < -0.3 is 4.98 Å². The van der Waals surface area contributed by atoms with Crippen LogP contribution in [0, 0.1) is 0 Å². The summed E-state index contributed by atoms with van der Waals surface area (Å²) in [6.45, 7) is 2.00. The Hall–Kier alpha value is -3.42. The second-order valence-corrected chi connectivity index (χ2v) is 9.35. The Morgan fingerprint density at radius 2 is 1.70 bits per heavy atom. The monoisotopic (exact) mass is 473 g/mol. The number of halogens is 1. The number of hydrogen-bond donors (Lipinski definition) is 1. The first-order chi connectivity index (χ1) is 16.1. The van der Waals surface area contributed by atoms with Crippen LogP contribution in [0.1, 0.15) is 29.4 Å². The Morgan fingerprint density at radius 3 is 2.48 bits per heavy atom. The third-order valence-electron chi connectivity index (χ3n) is 5.29. The van der Waals surface area contributed by atoms with Crippen LogP contribution in [0.4, 0.5) is 0 Å². The smallest absolute Gasteiger partial charge is 0.258 e. The lowest BCUT2D eigenvalue weighted by Crippen LogP contribution is -2.13. The molecule has 5 aromatic rings. The lowest BCUT2D eigenvalue weighted by molar-refractivity contribution is 0.836. The summed E-state index contributed by atoms with van der Waals surface area (Å²) in [5.41, 5.74) is 2.59. The van der Waals surface area contributed by atoms with Gasteiger partial charge in [0, 0.05) is 17.1 Å². The maximum Gasteiger partial charge on any atom is 0.258 e. The lowest BCUT2D eigenvalue weighted by atomic mass is 10.1. The molecule has 0 aliphatic heterocycles.